The van der Waals surface area contributed by atoms with Crippen molar-refractivity contribution < 1.29 is 13.9 Å². The molecule has 0 spiro atoms. The van der Waals surface area contributed by atoms with Gasteiger partial charge >= 0.3 is 6.03 Å². The van der Waals surface area contributed by atoms with Crippen molar-refractivity contribution in [3.8, 4) is 10.8 Å². The molecule has 30 heavy (non-hydrogen) atoms. The van der Waals surface area contributed by atoms with E-state index in [0.29, 0.717) is 22.0 Å². The molecule has 0 unspecified atom stereocenters. The van der Waals surface area contributed by atoms with Crippen LogP contribution < -0.4 is 19.7 Å². The van der Waals surface area contributed by atoms with Crippen molar-refractivity contribution in [1.82, 2.24) is 9.71 Å². The smallest absolute Gasteiger partial charge is 0.327 e. The third-order valence-corrected chi connectivity index (χ3v) is 6.40. The van der Waals surface area contributed by atoms with Gasteiger partial charge in [0.1, 0.15) is 11.6 Å². The molecule has 0 bridgehead atoms. The first kappa shape index (κ1) is 20.6. The number of benzene rings is 2. The molecule has 156 valence electrons. The first-order valence-corrected chi connectivity index (χ1v) is 11.2. The second-order valence-corrected chi connectivity index (χ2v) is 8.78. The molecule has 1 aromatic heterocycles. The summed E-state index contributed by atoms with van der Waals surface area (Å²) in [6.07, 6.45) is 5.21. The number of nitrogens with one attached hydrogen (secondary N) is 2. The first-order chi connectivity index (χ1) is 14.6. The number of hydrogen-bond donors (Lipinski definition) is 2. The van der Waals surface area contributed by atoms with Crippen molar-refractivity contribution in [2.45, 2.75) is 30.2 Å². The summed E-state index contributed by atoms with van der Waals surface area (Å²) in [7, 11) is 1.70. The van der Waals surface area contributed by atoms with E-state index in [1.165, 1.54) is 53.8 Å². The summed E-state index contributed by atoms with van der Waals surface area (Å²) in [5.41, 5.74) is 0.778. The number of rotatable bonds is 7. The molecule has 6 nitrogen and oxygen atoms in total. The molecule has 0 atom stereocenters. The minimum Gasteiger partial charge on any atom is -0.445 e. The van der Waals surface area contributed by atoms with Gasteiger partial charge in [-0.15, -0.1) is 0 Å². The Bertz CT molecular complexity index is 1030. The number of hydrogen-bond acceptors (Lipinski definition) is 6. The summed E-state index contributed by atoms with van der Waals surface area (Å²) in [5, 5.41) is 3.62. The van der Waals surface area contributed by atoms with E-state index in [0.717, 1.165) is 10.6 Å². The normalized spacial score (nSPS) is 13.5. The zero-order chi connectivity index (χ0) is 20.9. The Morgan fingerprint density at radius 3 is 2.87 bits per heavy atom. The summed E-state index contributed by atoms with van der Waals surface area (Å²) in [5.74, 6) is -0.00563. The van der Waals surface area contributed by atoms with Crippen LogP contribution in [0.1, 0.15) is 19.3 Å². The molecule has 4 rings (SSSR count). The zero-order valence-electron chi connectivity index (χ0n) is 16.3. The Balaban J connectivity index is 1.35. The fourth-order valence-corrected chi connectivity index (χ4v) is 4.28. The van der Waals surface area contributed by atoms with E-state index < -0.39 is 0 Å². The number of carbonyl (C=O) groups is 1. The molecule has 2 N–H and O–H groups in total. The summed E-state index contributed by atoms with van der Waals surface area (Å²) in [4.78, 5) is 19.4. The fraction of sp³-hybridized carbons (Fsp3) is 0.238. The quantitative estimate of drug-likeness (QED) is 0.445. The molecule has 1 fully saturated rings. The van der Waals surface area contributed by atoms with Crippen LogP contribution in [-0.2, 0) is 0 Å². The zero-order valence-corrected chi connectivity index (χ0v) is 17.9. The maximum Gasteiger partial charge on any atom is 0.327 e. The number of nitrogens with zero attached hydrogens (tertiary/aromatic N) is 2. The molecule has 1 heterocycles. The minimum absolute atomic E-state index is 0.309. The predicted molar refractivity (Wildman–Crippen MR) is 119 cm³/mol. The van der Waals surface area contributed by atoms with Gasteiger partial charge in [0.15, 0.2) is 5.13 Å². The fourth-order valence-electron chi connectivity index (χ4n) is 2.74. The molecule has 3 aromatic rings. The summed E-state index contributed by atoms with van der Waals surface area (Å²) >= 11 is 2.76. The molecule has 0 radical (unpaired) electrons. The molecule has 1 aliphatic rings. The van der Waals surface area contributed by atoms with E-state index in [9.17, 15) is 9.18 Å². The van der Waals surface area contributed by atoms with E-state index in [-0.39, 0.29) is 11.8 Å². The Morgan fingerprint density at radius 2 is 2.10 bits per heavy atom. The lowest BCUT2D eigenvalue weighted by molar-refractivity contribution is 0.258. The van der Waals surface area contributed by atoms with E-state index in [4.69, 9.17) is 4.74 Å². The molecular formula is C21H21FN4O2S2. The molecule has 0 aliphatic heterocycles. The van der Waals surface area contributed by atoms with Crippen LogP contribution in [0.5, 0.6) is 10.8 Å². The van der Waals surface area contributed by atoms with Crippen LogP contribution >= 0.6 is 23.3 Å². The predicted octanol–water partition coefficient (Wildman–Crippen LogP) is 5.89. The topological polar surface area (TPSA) is 66.5 Å². The second kappa shape index (κ2) is 9.46. The Kier molecular flexibility index (Phi) is 6.51. The van der Waals surface area contributed by atoms with Crippen LogP contribution in [0.4, 0.5) is 20.0 Å². The number of amides is 2. The summed E-state index contributed by atoms with van der Waals surface area (Å²) < 4.78 is 22.3. The van der Waals surface area contributed by atoms with Crippen molar-refractivity contribution in [3.63, 3.8) is 0 Å². The van der Waals surface area contributed by atoms with Crippen LogP contribution in [-0.4, -0.2) is 24.1 Å². The average molecular weight is 445 g/mol. The average Bonchev–Trinajstić information content (AvgIpc) is 3.13. The van der Waals surface area contributed by atoms with Crippen molar-refractivity contribution >= 4 is 40.1 Å². The van der Waals surface area contributed by atoms with Gasteiger partial charge in [-0.05, 0) is 55.1 Å². The molecule has 0 saturated heterocycles. The Labute approximate surface area is 182 Å². The molecular weight excluding hydrogens is 423 g/mol. The van der Waals surface area contributed by atoms with Crippen LogP contribution in [0.15, 0.2) is 59.6 Å². The third-order valence-electron chi connectivity index (χ3n) is 4.67. The van der Waals surface area contributed by atoms with Gasteiger partial charge in [0.2, 0.25) is 5.06 Å². The monoisotopic (exact) mass is 444 g/mol. The van der Waals surface area contributed by atoms with E-state index in [2.05, 4.69) is 15.0 Å². The highest BCUT2D eigenvalue weighted by Gasteiger charge is 2.18. The summed E-state index contributed by atoms with van der Waals surface area (Å²) in [6.45, 7) is 0. The Morgan fingerprint density at radius 1 is 1.27 bits per heavy atom. The van der Waals surface area contributed by atoms with Gasteiger partial charge < -0.3 is 4.74 Å². The lowest BCUT2D eigenvalue weighted by Crippen LogP contribution is -2.31. The van der Waals surface area contributed by atoms with Gasteiger partial charge in [0.25, 0.3) is 0 Å². The lowest BCUT2D eigenvalue weighted by atomic mass is 9.94. The van der Waals surface area contributed by atoms with Crippen LogP contribution in [0.2, 0.25) is 0 Å². The number of thiazole rings is 1. The van der Waals surface area contributed by atoms with Gasteiger partial charge in [0.05, 0.1) is 6.20 Å². The largest absolute Gasteiger partial charge is 0.445 e. The number of urea groups is 1. The number of anilines is 2. The summed E-state index contributed by atoms with van der Waals surface area (Å²) in [6, 6.07) is 13.9. The van der Waals surface area contributed by atoms with E-state index in [1.54, 1.807) is 31.1 Å². The van der Waals surface area contributed by atoms with Crippen LogP contribution in [0.25, 0.3) is 0 Å². The highest BCUT2D eigenvalue weighted by atomic mass is 32.2. The third kappa shape index (κ3) is 5.29. The minimum atomic E-state index is -0.379. The van der Waals surface area contributed by atoms with Gasteiger partial charge in [-0.2, -0.15) is 0 Å². The molecule has 2 aromatic carbocycles. The lowest BCUT2D eigenvalue weighted by Gasteiger charge is -2.26. The SMILES string of the molecule is CN(C(=O)Nc1ncc(Oc2cccc(F)c2)s1)c1cccc(SNC2CCC2)c1. The standard InChI is InChI=1S/C21H21FN4O2S2/c1-26(16-8-4-10-18(12-16)30-25-15-6-3-7-15)21(27)24-20-23-13-19(29-20)28-17-9-2-5-14(22)11-17/h2,4-5,8-13,15,25H,3,6-7H2,1H3,(H,23,24,27). The van der Waals surface area contributed by atoms with Crippen LogP contribution in [0.3, 0.4) is 0 Å². The van der Waals surface area contributed by atoms with Crippen molar-refractivity contribution in [1.29, 1.82) is 0 Å². The second-order valence-electron chi connectivity index (χ2n) is 6.88. The highest BCUT2D eigenvalue weighted by Crippen LogP contribution is 2.31. The molecule has 1 aliphatic carbocycles. The van der Waals surface area contributed by atoms with E-state index in [1.807, 2.05) is 24.3 Å². The van der Waals surface area contributed by atoms with Gasteiger partial charge in [-0.25, -0.2) is 14.2 Å². The Hall–Kier alpha value is -2.62. The van der Waals surface area contributed by atoms with Crippen LogP contribution in [0, 0.1) is 5.82 Å². The van der Waals surface area contributed by atoms with Gasteiger partial charge in [0, 0.05) is 29.7 Å². The molecule has 9 heteroatoms. The van der Waals surface area contributed by atoms with Crippen molar-refractivity contribution in [2.24, 2.45) is 0 Å². The van der Waals surface area contributed by atoms with Crippen molar-refractivity contribution in [2.75, 3.05) is 17.3 Å². The number of carbonyl (C=O) groups excluding carboxylic acids is 1. The number of halogens is 1. The number of aromatic nitrogens is 1. The van der Waals surface area contributed by atoms with E-state index >= 15 is 0 Å². The number of ether oxygens (including phenoxy) is 1. The van der Waals surface area contributed by atoms with Gasteiger partial charge in [-0.1, -0.05) is 29.9 Å². The maximum absolute atomic E-state index is 13.3. The molecule has 2 amide bonds. The van der Waals surface area contributed by atoms with Crippen molar-refractivity contribution in [3.05, 3.63) is 60.5 Å². The first-order valence-electron chi connectivity index (χ1n) is 9.53. The highest BCUT2D eigenvalue weighted by molar-refractivity contribution is 7.97. The van der Waals surface area contributed by atoms with Gasteiger partial charge in [-0.3, -0.25) is 14.9 Å². The maximum atomic E-state index is 13.3. The molecule has 1 saturated carbocycles.